The van der Waals surface area contributed by atoms with Crippen molar-refractivity contribution in [1.29, 1.82) is 5.26 Å². The average Bonchev–Trinajstić information content (AvgIpc) is 2.51. The first-order chi connectivity index (χ1) is 10.6. The zero-order chi connectivity index (χ0) is 15.9. The highest BCUT2D eigenvalue weighted by Crippen LogP contribution is 2.14. The van der Waals surface area contributed by atoms with Gasteiger partial charge in [0.05, 0.1) is 0 Å². The summed E-state index contributed by atoms with van der Waals surface area (Å²) in [5.74, 6) is -0.347. The van der Waals surface area contributed by atoms with Crippen LogP contribution in [-0.2, 0) is 11.3 Å². The number of nitriles is 1. The van der Waals surface area contributed by atoms with Gasteiger partial charge < -0.3 is 10.4 Å². The SMILES string of the molecule is Cc1ccccc1CNC(=O)/C(C#N)=C/c1cccc(O)c1. The molecule has 0 aliphatic rings. The molecule has 0 heterocycles. The highest BCUT2D eigenvalue weighted by Gasteiger charge is 2.09. The predicted octanol–water partition coefficient (Wildman–Crippen LogP) is 2.92. The molecule has 0 aromatic heterocycles. The first-order valence-corrected chi connectivity index (χ1v) is 6.83. The van der Waals surface area contributed by atoms with E-state index in [1.165, 1.54) is 18.2 Å². The number of hydrogen-bond donors (Lipinski definition) is 2. The maximum absolute atomic E-state index is 12.1. The molecule has 110 valence electrons. The summed E-state index contributed by atoms with van der Waals surface area (Å²) in [5.41, 5.74) is 2.69. The van der Waals surface area contributed by atoms with Gasteiger partial charge in [0.2, 0.25) is 0 Å². The number of amides is 1. The Morgan fingerprint density at radius 2 is 2.05 bits per heavy atom. The van der Waals surface area contributed by atoms with Crippen LogP contribution in [0.5, 0.6) is 5.75 Å². The molecule has 2 N–H and O–H groups in total. The third-order valence-corrected chi connectivity index (χ3v) is 3.25. The molecule has 0 bridgehead atoms. The van der Waals surface area contributed by atoms with Gasteiger partial charge >= 0.3 is 0 Å². The summed E-state index contributed by atoms with van der Waals surface area (Å²) < 4.78 is 0. The van der Waals surface area contributed by atoms with Gasteiger partial charge in [-0.3, -0.25) is 4.79 Å². The summed E-state index contributed by atoms with van der Waals surface area (Å²) in [7, 11) is 0. The number of nitrogens with one attached hydrogen (secondary N) is 1. The molecule has 0 aliphatic heterocycles. The number of hydrogen-bond acceptors (Lipinski definition) is 3. The van der Waals surface area contributed by atoms with Crippen molar-refractivity contribution in [2.45, 2.75) is 13.5 Å². The van der Waals surface area contributed by atoms with Crippen molar-refractivity contribution < 1.29 is 9.90 Å². The van der Waals surface area contributed by atoms with E-state index in [1.807, 2.05) is 37.3 Å². The smallest absolute Gasteiger partial charge is 0.262 e. The summed E-state index contributed by atoms with van der Waals surface area (Å²) in [4.78, 5) is 12.1. The number of aromatic hydroxyl groups is 1. The van der Waals surface area contributed by atoms with Gasteiger partial charge in [0, 0.05) is 6.54 Å². The van der Waals surface area contributed by atoms with E-state index in [0.29, 0.717) is 12.1 Å². The minimum Gasteiger partial charge on any atom is -0.508 e. The molecule has 0 fully saturated rings. The highest BCUT2D eigenvalue weighted by molar-refractivity contribution is 6.01. The Morgan fingerprint density at radius 1 is 1.27 bits per heavy atom. The fourth-order valence-corrected chi connectivity index (χ4v) is 2.01. The predicted molar refractivity (Wildman–Crippen MR) is 84.7 cm³/mol. The molecule has 0 unspecified atom stereocenters. The van der Waals surface area contributed by atoms with Crippen molar-refractivity contribution in [1.82, 2.24) is 5.32 Å². The number of phenols is 1. The van der Waals surface area contributed by atoms with Crippen LogP contribution < -0.4 is 5.32 Å². The molecule has 1 amide bonds. The first-order valence-electron chi connectivity index (χ1n) is 6.83. The van der Waals surface area contributed by atoms with Gasteiger partial charge in [-0.05, 0) is 41.8 Å². The van der Waals surface area contributed by atoms with E-state index in [9.17, 15) is 9.90 Å². The molecule has 2 rings (SSSR count). The summed E-state index contributed by atoms with van der Waals surface area (Å²) in [6, 6.07) is 16.0. The molecular weight excluding hydrogens is 276 g/mol. The van der Waals surface area contributed by atoms with E-state index >= 15 is 0 Å². The van der Waals surface area contributed by atoms with Gasteiger partial charge in [-0.1, -0.05) is 36.4 Å². The van der Waals surface area contributed by atoms with E-state index < -0.39 is 5.91 Å². The maximum atomic E-state index is 12.1. The molecule has 22 heavy (non-hydrogen) atoms. The van der Waals surface area contributed by atoms with Crippen LogP contribution in [0.2, 0.25) is 0 Å². The minimum atomic E-state index is -0.436. The number of nitrogens with zero attached hydrogens (tertiary/aromatic N) is 1. The molecule has 0 radical (unpaired) electrons. The third kappa shape index (κ3) is 3.97. The Bertz CT molecular complexity index is 758. The van der Waals surface area contributed by atoms with Crippen molar-refractivity contribution in [3.05, 3.63) is 70.8 Å². The zero-order valence-electron chi connectivity index (χ0n) is 12.2. The van der Waals surface area contributed by atoms with Gasteiger partial charge in [0.25, 0.3) is 5.91 Å². The fourth-order valence-electron chi connectivity index (χ4n) is 2.01. The van der Waals surface area contributed by atoms with Gasteiger partial charge in [0.15, 0.2) is 0 Å². The van der Waals surface area contributed by atoms with Crippen molar-refractivity contribution in [2.24, 2.45) is 0 Å². The van der Waals surface area contributed by atoms with Gasteiger partial charge in [-0.2, -0.15) is 5.26 Å². The second kappa shape index (κ2) is 7.09. The molecule has 4 heteroatoms. The molecule has 2 aromatic rings. The van der Waals surface area contributed by atoms with Crippen LogP contribution in [0.25, 0.3) is 6.08 Å². The highest BCUT2D eigenvalue weighted by atomic mass is 16.3. The van der Waals surface area contributed by atoms with Crippen molar-refractivity contribution >= 4 is 12.0 Å². The lowest BCUT2D eigenvalue weighted by molar-refractivity contribution is -0.117. The normalized spacial score (nSPS) is 10.8. The van der Waals surface area contributed by atoms with E-state index in [1.54, 1.807) is 12.1 Å². The quantitative estimate of drug-likeness (QED) is 0.672. The Morgan fingerprint density at radius 3 is 2.73 bits per heavy atom. The topological polar surface area (TPSA) is 73.1 Å². The molecule has 0 saturated heterocycles. The average molecular weight is 292 g/mol. The monoisotopic (exact) mass is 292 g/mol. The van der Waals surface area contributed by atoms with E-state index in [0.717, 1.165) is 11.1 Å². The second-order valence-corrected chi connectivity index (χ2v) is 4.87. The van der Waals surface area contributed by atoms with Crippen molar-refractivity contribution in [2.75, 3.05) is 0 Å². The number of phenolic OH excluding ortho intramolecular Hbond substituents is 1. The summed E-state index contributed by atoms with van der Waals surface area (Å²) >= 11 is 0. The van der Waals surface area contributed by atoms with Crippen LogP contribution >= 0.6 is 0 Å². The van der Waals surface area contributed by atoms with Crippen LogP contribution in [0.15, 0.2) is 54.1 Å². The maximum Gasteiger partial charge on any atom is 0.262 e. The first kappa shape index (κ1) is 15.3. The van der Waals surface area contributed by atoms with Crippen LogP contribution in [0.1, 0.15) is 16.7 Å². The molecule has 2 aromatic carbocycles. The standard InChI is InChI=1S/C18H16N2O2/c1-13-5-2-3-7-15(13)12-20-18(22)16(11-19)9-14-6-4-8-17(21)10-14/h2-10,21H,12H2,1H3,(H,20,22)/b16-9+. The molecule has 0 saturated carbocycles. The molecule has 4 nitrogen and oxygen atoms in total. The summed E-state index contributed by atoms with van der Waals surface area (Å²) in [6.45, 7) is 2.33. The number of carbonyl (C=O) groups is 1. The molecular formula is C18H16N2O2. The lowest BCUT2D eigenvalue weighted by Crippen LogP contribution is -2.24. The third-order valence-electron chi connectivity index (χ3n) is 3.25. The van der Waals surface area contributed by atoms with Crippen LogP contribution in [0, 0.1) is 18.3 Å². The number of carbonyl (C=O) groups excluding carboxylic acids is 1. The van der Waals surface area contributed by atoms with E-state index in [2.05, 4.69) is 5.32 Å². The molecule has 0 aliphatic carbocycles. The largest absolute Gasteiger partial charge is 0.508 e. The van der Waals surface area contributed by atoms with Gasteiger partial charge in [-0.25, -0.2) is 0 Å². The van der Waals surface area contributed by atoms with E-state index in [4.69, 9.17) is 5.26 Å². The fraction of sp³-hybridized carbons (Fsp3) is 0.111. The Hall–Kier alpha value is -3.06. The van der Waals surface area contributed by atoms with Crippen molar-refractivity contribution in [3.8, 4) is 11.8 Å². The van der Waals surface area contributed by atoms with Crippen LogP contribution in [0.3, 0.4) is 0 Å². The Balaban J connectivity index is 2.10. The van der Waals surface area contributed by atoms with Gasteiger partial charge in [0.1, 0.15) is 17.4 Å². The Labute approximate surface area is 129 Å². The summed E-state index contributed by atoms with van der Waals surface area (Å²) in [6.07, 6.45) is 1.45. The second-order valence-electron chi connectivity index (χ2n) is 4.87. The lowest BCUT2D eigenvalue weighted by atomic mass is 10.1. The zero-order valence-corrected chi connectivity index (χ0v) is 12.2. The number of rotatable bonds is 4. The van der Waals surface area contributed by atoms with Gasteiger partial charge in [-0.15, -0.1) is 0 Å². The van der Waals surface area contributed by atoms with Crippen LogP contribution in [0.4, 0.5) is 0 Å². The van der Waals surface area contributed by atoms with Crippen molar-refractivity contribution in [3.63, 3.8) is 0 Å². The number of aryl methyl sites for hydroxylation is 1. The van der Waals surface area contributed by atoms with E-state index in [-0.39, 0.29) is 11.3 Å². The summed E-state index contributed by atoms with van der Waals surface area (Å²) in [5, 5.41) is 21.3. The Kier molecular flexibility index (Phi) is 4.94. The minimum absolute atomic E-state index is 0.000755. The number of benzene rings is 2. The molecule has 0 spiro atoms. The lowest BCUT2D eigenvalue weighted by Gasteiger charge is -2.07. The molecule has 0 atom stereocenters. The van der Waals surface area contributed by atoms with Crippen LogP contribution in [-0.4, -0.2) is 11.0 Å².